The first-order chi connectivity index (χ1) is 12.5. The fourth-order valence-corrected chi connectivity index (χ4v) is 3.34. The molecule has 1 aliphatic rings. The summed E-state index contributed by atoms with van der Waals surface area (Å²) in [6.07, 6.45) is 3.12. The lowest BCUT2D eigenvalue weighted by molar-refractivity contribution is -0.141. The first kappa shape index (κ1) is 18.2. The van der Waals surface area contributed by atoms with Gasteiger partial charge in [0.2, 0.25) is 11.8 Å². The van der Waals surface area contributed by atoms with Crippen molar-refractivity contribution in [1.82, 2.24) is 4.90 Å². The summed E-state index contributed by atoms with van der Waals surface area (Å²) in [6, 6.07) is 17.8. The van der Waals surface area contributed by atoms with E-state index in [1.54, 1.807) is 0 Å². The minimum Gasteiger partial charge on any atom is -0.331 e. The molecule has 1 unspecified atom stereocenters. The highest BCUT2D eigenvalue weighted by Crippen LogP contribution is 2.33. The summed E-state index contributed by atoms with van der Waals surface area (Å²) in [5.41, 5.74) is 2.92. The number of hydrogen-bond donors (Lipinski definition) is 1. The second-order valence-electron chi connectivity index (χ2n) is 7.06. The van der Waals surface area contributed by atoms with E-state index in [4.69, 9.17) is 0 Å². The summed E-state index contributed by atoms with van der Waals surface area (Å²) in [6.45, 7) is 4.16. The first-order valence-corrected chi connectivity index (χ1v) is 9.26. The number of amides is 2. The molecule has 3 rings (SSSR count). The van der Waals surface area contributed by atoms with E-state index in [2.05, 4.69) is 24.4 Å². The van der Waals surface area contributed by atoms with E-state index in [0.717, 1.165) is 36.1 Å². The maximum absolute atomic E-state index is 13.1. The maximum atomic E-state index is 13.1. The fourth-order valence-electron chi connectivity index (χ4n) is 3.34. The predicted molar refractivity (Wildman–Crippen MR) is 103 cm³/mol. The standard InChI is InChI=1S/C22H26N2O2/c1-16(20-12-7-13-21(14-20)23-17(2)25)24(22(26)19-10-6-11-19)15-18-8-4-3-5-9-18/h3-5,7-9,12-14,16,19H,6,10-11,15H2,1-2H3,(H,23,25). The van der Waals surface area contributed by atoms with Gasteiger partial charge >= 0.3 is 0 Å². The molecule has 2 amide bonds. The lowest BCUT2D eigenvalue weighted by Gasteiger charge is -2.36. The predicted octanol–water partition coefficient (Wildman–Crippen LogP) is 4.53. The molecule has 0 radical (unpaired) electrons. The molecule has 136 valence electrons. The molecular formula is C22H26N2O2. The molecule has 0 heterocycles. The molecule has 2 aromatic rings. The van der Waals surface area contributed by atoms with Crippen LogP contribution < -0.4 is 5.32 Å². The van der Waals surface area contributed by atoms with E-state index in [0.29, 0.717) is 6.54 Å². The summed E-state index contributed by atoms with van der Waals surface area (Å²) >= 11 is 0. The topological polar surface area (TPSA) is 49.4 Å². The third-order valence-corrected chi connectivity index (χ3v) is 5.09. The van der Waals surface area contributed by atoms with Crippen molar-refractivity contribution >= 4 is 17.5 Å². The molecule has 0 aromatic heterocycles. The zero-order valence-corrected chi connectivity index (χ0v) is 15.4. The van der Waals surface area contributed by atoms with Crippen LogP contribution in [-0.4, -0.2) is 16.7 Å². The number of carbonyl (C=O) groups is 2. The molecule has 1 fully saturated rings. The van der Waals surface area contributed by atoms with Crippen LogP contribution in [0.2, 0.25) is 0 Å². The zero-order chi connectivity index (χ0) is 18.5. The second kappa shape index (κ2) is 8.17. The van der Waals surface area contributed by atoms with E-state index in [1.165, 1.54) is 6.92 Å². The minimum atomic E-state index is -0.0958. The van der Waals surface area contributed by atoms with Crippen LogP contribution in [0.4, 0.5) is 5.69 Å². The average molecular weight is 350 g/mol. The molecule has 1 saturated carbocycles. The normalized spacial score (nSPS) is 15.0. The monoisotopic (exact) mass is 350 g/mol. The zero-order valence-electron chi connectivity index (χ0n) is 15.4. The van der Waals surface area contributed by atoms with Gasteiger partial charge in [0.15, 0.2) is 0 Å². The van der Waals surface area contributed by atoms with Gasteiger partial charge in [0.05, 0.1) is 6.04 Å². The van der Waals surface area contributed by atoms with Gasteiger partial charge in [-0.1, -0.05) is 48.9 Å². The molecule has 1 atom stereocenters. The van der Waals surface area contributed by atoms with Crippen molar-refractivity contribution in [2.45, 2.75) is 45.7 Å². The summed E-state index contributed by atoms with van der Waals surface area (Å²) < 4.78 is 0. The van der Waals surface area contributed by atoms with Gasteiger partial charge < -0.3 is 10.2 Å². The summed E-state index contributed by atoms with van der Waals surface area (Å²) in [5, 5.41) is 2.82. The van der Waals surface area contributed by atoms with Crippen molar-refractivity contribution in [3.05, 3.63) is 65.7 Å². The Hall–Kier alpha value is -2.62. The Morgan fingerprint density at radius 1 is 1.12 bits per heavy atom. The second-order valence-corrected chi connectivity index (χ2v) is 7.06. The Bertz CT molecular complexity index is 769. The van der Waals surface area contributed by atoms with E-state index >= 15 is 0 Å². The molecule has 4 nitrogen and oxygen atoms in total. The highest BCUT2D eigenvalue weighted by Gasteiger charge is 2.32. The Morgan fingerprint density at radius 2 is 1.85 bits per heavy atom. The van der Waals surface area contributed by atoms with Crippen LogP contribution >= 0.6 is 0 Å². The summed E-state index contributed by atoms with van der Waals surface area (Å²) in [7, 11) is 0. The lowest BCUT2D eigenvalue weighted by Crippen LogP contribution is -2.40. The SMILES string of the molecule is CC(=O)Nc1cccc(C(C)N(Cc2ccccc2)C(=O)C2CCC2)c1. The van der Waals surface area contributed by atoms with Gasteiger partial charge in [-0.15, -0.1) is 0 Å². The number of hydrogen-bond acceptors (Lipinski definition) is 2. The molecule has 0 aliphatic heterocycles. The molecule has 2 aromatic carbocycles. The van der Waals surface area contributed by atoms with Gasteiger partial charge in [-0.3, -0.25) is 9.59 Å². The van der Waals surface area contributed by atoms with Crippen molar-refractivity contribution in [3.63, 3.8) is 0 Å². The average Bonchev–Trinajstić information content (AvgIpc) is 2.58. The molecule has 0 saturated heterocycles. The summed E-state index contributed by atoms with van der Waals surface area (Å²) in [4.78, 5) is 26.4. The quantitative estimate of drug-likeness (QED) is 0.832. The maximum Gasteiger partial charge on any atom is 0.226 e. The largest absolute Gasteiger partial charge is 0.331 e. The van der Waals surface area contributed by atoms with E-state index < -0.39 is 0 Å². The van der Waals surface area contributed by atoms with E-state index in [-0.39, 0.29) is 23.8 Å². The Kier molecular flexibility index (Phi) is 5.71. The molecule has 4 heteroatoms. The highest BCUT2D eigenvalue weighted by atomic mass is 16.2. The van der Waals surface area contributed by atoms with Crippen molar-refractivity contribution < 1.29 is 9.59 Å². The molecule has 0 bridgehead atoms. The van der Waals surface area contributed by atoms with Crippen LogP contribution in [0.3, 0.4) is 0 Å². The van der Waals surface area contributed by atoms with Crippen LogP contribution in [0.5, 0.6) is 0 Å². The summed E-state index contributed by atoms with van der Waals surface area (Å²) in [5.74, 6) is 0.290. The number of nitrogens with zero attached hydrogens (tertiary/aromatic N) is 1. The number of carbonyl (C=O) groups excluding carboxylic acids is 2. The van der Waals surface area contributed by atoms with Gasteiger partial charge in [-0.2, -0.15) is 0 Å². The third-order valence-electron chi connectivity index (χ3n) is 5.09. The first-order valence-electron chi connectivity index (χ1n) is 9.26. The lowest BCUT2D eigenvalue weighted by atomic mass is 9.83. The minimum absolute atomic E-state index is 0.0583. The number of benzene rings is 2. The molecule has 0 spiro atoms. The van der Waals surface area contributed by atoms with Gasteiger partial charge in [0.25, 0.3) is 0 Å². The third kappa shape index (κ3) is 4.31. The van der Waals surface area contributed by atoms with Gasteiger partial charge in [-0.05, 0) is 43.0 Å². The fraction of sp³-hybridized carbons (Fsp3) is 0.364. The number of rotatable bonds is 6. The Labute approximate surface area is 155 Å². The van der Waals surface area contributed by atoms with Crippen molar-refractivity contribution in [2.75, 3.05) is 5.32 Å². The van der Waals surface area contributed by atoms with Gasteiger partial charge in [-0.25, -0.2) is 0 Å². The highest BCUT2D eigenvalue weighted by molar-refractivity contribution is 5.88. The Morgan fingerprint density at radius 3 is 2.46 bits per heavy atom. The van der Waals surface area contributed by atoms with E-state index in [9.17, 15) is 9.59 Å². The van der Waals surface area contributed by atoms with Crippen LogP contribution in [0, 0.1) is 5.92 Å². The molecular weight excluding hydrogens is 324 g/mol. The molecule has 1 aliphatic carbocycles. The van der Waals surface area contributed by atoms with Crippen molar-refractivity contribution in [1.29, 1.82) is 0 Å². The van der Waals surface area contributed by atoms with Crippen LogP contribution in [0.25, 0.3) is 0 Å². The van der Waals surface area contributed by atoms with Gasteiger partial charge in [0, 0.05) is 25.1 Å². The van der Waals surface area contributed by atoms with Gasteiger partial charge in [0.1, 0.15) is 0 Å². The van der Waals surface area contributed by atoms with Crippen molar-refractivity contribution in [3.8, 4) is 0 Å². The molecule has 1 N–H and O–H groups in total. The van der Waals surface area contributed by atoms with Crippen LogP contribution in [0.15, 0.2) is 54.6 Å². The smallest absolute Gasteiger partial charge is 0.226 e. The number of anilines is 1. The van der Waals surface area contributed by atoms with Crippen molar-refractivity contribution in [2.24, 2.45) is 5.92 Å². The molecule has 26 heavy (non-hydrogen) atoms. The Balaban J connectivity index is 1.85. The van der Waals surface area contributed by atoms with Crippen LogP contribution in [0.1, 0.15) is 50.3 Å². The van der Waals surface area contributed by atoms with Crippen LogP contribution in [-0.2, 0) is 16.1 Å². The number of nitrogens with one attached hydrogen (secondary N) is 1. The van der Waals surface area contributed by atoms with E-state index in [1.807, 2.05) is 47.4 Å².